The van der Waals surface area contributed by atoms with Gasteiger partial charge >= 0.3 is 6.01 Å². The summed E-state index contributed by atoms with van der Waals surface area (Å²) in [5.74, 6) is 0.647. The lowest BCUT2D eigenvalue weighted by Gasteiger charge is -2.17. The van der Waals surface area contributed by atoms with Crippen LogP contribution in [0.4, 0.5) is 0 Å². The van der Waals surface area contributed by atoms with E-state index in [2.05, 4.69) is 47.9 Å². The van der Waals surface area contributed by atoms with Crippen molar-refractivity contribution in [2.45, 2.75) is 41.2 Å². The molecule has 21 heavy (non-hydrogen) atoms. The summed E-state index contributed by atoms with van der Waals surface area (Å²) in [6.45, 7) is 16.1. The molecule has 0 saturated heterocycles. The van der Waals surface area contributed by atoms with Crippen LogP contribution in [0.5, 0.6) is 6.01 Å². The van der Waals surface area contributed by atoms with E-state index in [1.165, 1.54) is 0 Å². The molecule has 0 saturated carbocycles. The number of hydrogen-bond acceptors (Lipinski definition) is 5. The molecule has 5 heteroatoms. The molecule has 1 rings (SSSR count). The Hall–Kier alpha value is -1.20. The van der Waals surface area contributed by atoms with Crippen LogP contribution >= 0.6 is 0 Å². The second-order valence-corrected chi connectivity index (χ2v) is 5.66. The van der Waals surface area contributed by atoms with E-state index in [0.29, 0.717) is 18.5 Å². The van der Waals surface area contributed by atoms with Gasteiger partial charge in [-0.15, -0.1) is 0 Å². The Bertz CT molecular complexity index is 405. The monoisotopic (exact) mass is 294 g/mol. The van der Waals surface area contributed by atoms with E-state index in [0.717, 1.165) is 44.0 Å². The highest BCUT2D eigenvalue weighted by Crippen LogP contribution is 2.08. The molecule has 0 unspecified atom stereocenters. The average molecular weight is 294 g/mol. The van der Waals surface area contributed by atoms with Crippen molar-refractivity contribution in [3.8, 4) is 6.01 Å². The SMILES string of the molecule is CCN(CC)CCOc1ncc(CNCC(C)C)c(C)n1. The van der Waals surface area contributed by atoms with Crippen molar-refractivity contribution in [3.63, 3.8) is 0 Å². The maximum absolute atomic E-state index is 5.63. The van der Waals surface area contributed by atoms with Gasteiger partial charge in [-0.25, -0.2) is 9.97 Å². The predicted molar refractivity (Wildman–Crippen MR) is 86.6 cm³/mol. The van der Waals surface area contributed by atoms with Crippen molar-refractivity contribution in [2.75, 3.05) is 32.8 Å². The number of nitrogens with one attached hydrogen (secondary N) is 1. The van der Waals surface area contributed by atoms with Gasteiger partial charge in [-0.1, -0.05) is 27.7 Å². The normalized spacial score (nSPS) is 11.4. The van der Waals surface area contributed by atoms with Crippen LogP contribution in [-0.2, 0) is 6.54 Å². The van der Waals surface area contributed by atoms with Gasteiger partial charge in [-0.3, -0.25) is 0 Å². The van der Waals surface area contributed by atoms with Crippen LogP contribution in [0, 0.1) is 12.8 Å². The Balaban J connectivity index is 2.42. The highest BCUT2D eigenvalue weighted by atomic mass is 16.5. The first kappa shape index (κ1) is 17.9. The molecule has 120 valence electrons. The zero-order valence-electron chi connectivity index (χ0n) is 14.1. The zero-order valence-corrected chi connectivity index (χ0v) is 14.1. The van der Waals surface area contributed by atoms with Gasteiger partial charge in [0.25, 0.3) is 0 Å². The molecule has 0 aromatic carbocycles. The molecule has 0 radical (unpaired) electrons. The molecule has 0 spiro atoms. The molecule has 0 aliphatic carbocycles. The van der Waals surface area contributed by atoms with Crippen LogP contribution in [-0.4, -0.2) is 47.7 Å². The Morgan fingerprint density at radius 2 is 2.00 bits per heavy atom. The zero-order chi connectivity index (χ0) is 15.7. The molecular weight excluding hydrogens is 264 g/mol. The molecule has 0 fully saturated rings. The second-order valence-electron chi connectivity index (χ2n) is 5.66. The van der Waals surface area contributed by atoms with Crippen LogP contribution < -0.4 is 10.1 Å². The predicted octanol–water partition coefficient (Wildman–Crippen LogP) is 2.25. The van der Waals surface area contributed by atoms with Gasteiger partial charge in [0.1, 0.15) is 6.61 Å². The molecular formula is C16H30N4O. The topological polar surface area (TPSA) is 50.3 Å². The smallest absolute Gasteiger partial charge is 0.316 e. The largest absolute Gasteiger partial charge is 0.462 e. The number of ether oxygens (including phenoxy) is 1. The fraction of sp³-hybridized carbons (Fsp3) is 0.750. The number of aromatic nitrogens is 2. The Labute approximate surface area is 129 Å². The van der Waals surface area contributed by atoms with Gasteiger partial charge in [-0.05, 0) is 32.5 Å². The minimum atomic E-state index is 0.479. The molecule has 5 nitrogen and oxygen atoms in total. The van der Waals surface area contributed by atoms with E-state index < -0.39 is 0 Å². The first-order chi connectivity index (χ1) is 10.1. The fourth-order valence-electron chi connectivity index (χ4n) is 2.02. The van der Waals surface area contributed by atoms with Gasteiger partial charge in [-0.2, -0.15) is 0 Å². The van der Waals surface area contributed by atoms with E-state index in [1.807, 2.05) is 13.1 Å². The first-order valence-corrected chi connectivity index (χ1v) is 7.95. The average Bonchev–Trinajstić information content (AvgIpc) is 2.45. The first-order valence-electron chi connectivity index (χ1n) is 7.95. The number of nitrogens with zero attached hydrogens (tertiary/aromatic N) is 3. The van der Waals surface area contributed by atoms with Gasteiger partial charge in [0.2, 0.25) is 0 Å². The molecule has 0 aliphatic rings. The number of hydrogen-bond donors (Lipinski definition) is 1. The summed E-state index contributed by atoms with van der Waals surface area (Å²) in [6.07, 6.45) is 1.86. The summed E-state index contributed by atoms with van der Waals surface area (Å²) >= 11 is 0. The Morgan fingerprint density at radius 3 is 2.57 bits per heavy atom. The van der Waals surface area contributed by atoms with Crippen LogP contribution in [0.25, 0.3) is 0 Å². The third-order valence-electron chi connectivity index (χ3n) is 3.46. The van der Waals surface area contributed by atoms with Crippen LogP contribution in [0.15, 0.2) is 6.20 Å². The van der Waals surface area contributed by atoms with E-state index in [9.17, 15) is 0 Å². The summed E-state index contributed by atoms with van der Waals surface area (Å²) in [5, 5.41) is 3.41. The van der Waals surface area contributed by atoms with Crippen molar-refractivity contribution in [3.05, 3.63) is 17.5 Å². The van der Waals surface area contributed by atoms with Gasteiger partial charge in [0.05, 0.1) is 0 Å². The highest BCUT2D eigenvalue weighted by molar-refractivity contribution is 5.17. The lowest BCUT2D eigenvalue weighted by Crippen LogP contribution is -2.28. The van der Waals surface area contributed by atoms with Crippen molar-refractivity contribution >= 4 is 0 Å². The molecule has 0 bridgehead atoms. The third-order valence-corrected chi connectivity index (χ3v) is 3.46. The summed E-state index contributed by atoms with van der Waals surface area (Å²) < 4.78 is 5.63. The number of rotatable bonds is 10. The van der Waals surface area contributed by atoms with Crippen LogP contribution in [0.1, 0.15) is 39.0 Å². The van der Waals surface area contributed by atoms with Crippen molar-refractivity contribution in [2.24, 2.45) is 5.92 Å². The minimum absolute atomic E-state index is 0.479. The van der Waals surface area contributed by atoms with E-state index in [4.69, 9.17) is 4.74 Å². The Morgan fingerprint density at radius 1 is 1.29 bits per heavy atom. The van der Waals surface area contributed by atoms with Crippen LogP contribution in [0.3, 0.4) is 0 Å². The summed E-state index contributed by atoms with van der Waals surface area (Å²) in [5.41, 5.74) is 2.12. The lowest BCUT2D eigenvalue weighted by molar-refractivity contribution is 0.212. The van der Waals surface area contributed by atoms with Gasteiger partial charge in [0, 0.05) is 30.5 Å². The summed E-state index contributed by atoms with van der Waals surface area (Å²) in [4.78, 5) is 11.0. The van der Waals surface area contributed by atoms with E-state index in [-0.39, 0.29) is 0 Å². The number of likely N-dealkylation sites (N-methyl/N-ethyl adjacent to an activating group) is 1. The molecule has 0 atom stereocenters. The molecule has 1 N–H and O–H groups in total. The molecule has 0 aliphatic heterocycles. The maximum Gasteiger partial charge on any atom is 0.316 e. The lowest BCUT2D eigenvalue weighted by atomic mass is 10.2. The summed E-state index contributed by atoms with van der Waals surface area (Å²) in [6, 6.07) is 0.479. The van der Waals surface area contributed by atoms with E-state index >= 15 is 0 Å². The molecule has 1 heterocycles. The second kappa shape index (κ2) is 9.68. The van der Waals surface area contributed by atoms with Gasteiger partial charge < -0.3 is 15.0 Å². The quantitative estimate of drug-likeness (QED) is 0.717. The maximum atomic E-state index is 5.63. The Kier molecular flexibility index (Phi) is 8.23. The number of aryl methyl sites for hydroxylation is 1. The fourth-order valence-corrected chi connectivity index (χ4v) is 2.02. The molecule has 1 aromatic rings. The standard InChI is InChI=1S/C16H30N4O/c1-6-20(7-2)8-9-21-16-18-12-15(14(5)19-16)11-17-10-13(3)4/h12-13,17H,6-11H2,1-5H3. The van der Waals surface area contributed by atoms with Crippen molar-refractivity contribution in [1.82, 2.24) is 20.2 Å². The highest BCUT2D eigenvalue weighted by Gasteiger charge is 2.05. The molecule has 0 amide bonds. The third kappa shape index (κ3) is 6.87. The molecule has 1 aromatic heterocycles. The van der Waals surface area contributed by atoms with Gasteiger partial charge in [0.15, 0.2) is 0 Å². The van der Waals surface area contributed by atoms with Crippen molar-refractivity contribution in [1.29, 1.82) is 0 Å². The van der Waals surface area contributed by atoms with Crippen LogP contribution in [0.2, 0.25) is 0 Å². The van der Waals surface area contributed by atoms with Crippen molar-refractivity contribution < 1.29 is 4.74 Å². The van der Waals surface area contributed by atoms with E-state index in [1.54, 1.807) is 0 Å². The minimum Gasteiger partial charge on any atom is -0.462 e. The summed E-state index contributed by atoms with van der Waals surface area (Å²) in [7, 11) is 0.